The smallest absolute Gasteiger partial charge is 0.258 e. The standard InChI is InChI=1S/C15H19NOS/c1-2-5-12(11-18)10-16-9-8-13-6-3-4-7-14(13)15(16)17/h3-4,6-9,12,18H,2,5,10-11H2,1H3. The lowest BCUT2D eigenvalue weighted by Crippen LogP contribution is -2.24. The minimum absolute atomic E-state index is 0.107. The summed E-state index contributed by atoms with van der Waals surface area (Å²) in [7, 11) is 0. The molecule has 3 heteroatoms. The Balaban J connectivity index is 2.34. The Labute approximate surface area is 113 Å². The van der Waals surface area contributed by atoms with Crippen molar-refractivity contribution in [2.75, 3.05) is 5.75 Å². The molecule has 1 unspecified atom stereocenters. The molecule has 2 rings (SSSR count). The van der Waals surface area contributed by atoms with Crippen molar-refractivity contribution < 1.29 is 0 Å². The number of aromatic nitrogens is 1. The highest BCUT2D eigenvalue weighted by Crippen LogP contribution is 2.13. The zero-order chi connectivity index (χ0) is 13.0. The van der Waals surface area contributed by atoms with Crippen LogP contribution in [0.3, 0.4) is 0 Å². The molecule has 2 aromatic rings. The van der Waals surface area contributed by atoms with Gasteiger partial charge in [-0.1, -0.05) is 31.5 Å². The molecule has 0 spiro atoms. The van der Waals surface area contributed by atoms with E-state index in [9.17, 15) is 4.79 Å². The van der Waals surface area contributed by atoms with Gasteiger partial charge in [-0.05, 0) is 35.6 Å². The van der Waals surface area contributed by atoms with E-state index in [1.54, 1.807) is 0 Å². The van der Waals surface area contributed by atoms with Crippen LogP contribution in [0.15, 0.2) is 41.3 Å². The number of hydrogen-bond donors (Lipinski definition) is 1. The average molecular weight is 261 g/mol. The summed E-state index contributed by atoms with van der Waals surface area (Å²) in [5.41, 5.74) is 0.107. The number of thiol groups is 1. The quantitative estimate of drug-likeness (QED) is 0.819. The maximum Gasteiger partial charge on any atom is 0.258 e. The van der Waals surface area contributed by atoms with Gasteiger partial charge in [0.05, 0.1) is 0 Å². The van der Waals surface area contributed by atoms with Gasteiger partial charge >= 0.3 is 0 Å². The molecule has 1 aromatic heterocycles. The maximum atomic E-state index is 12.3. The van der Waals surface area contributed by atoms with Gasteiger partial charge in [-0.2, -0.15) is 12.6 Å². The largest absolute Gasteiger partial charge is 0.315 e. The Hall–Kier alpha value is -1.22. The Morgan fingerprint density at radius 2 is 2.06 bits per heavy atom. The molecule has 96 valence electrons. The van der Waals surface area contributed by atoms with E-state index in [0.29, 0.717) is 5.92 Å². The van der Waals surface area contributed by atoms with E-state index in [2.05, 4.69) is 19.6 Å². The molecule has 2 nitrogen and oxygen atoms in total. The second-order valence-electron chi connectivity index (χ2n) is 4.70. The average Bonchev–Trinajstić information content (AvgIpc) is 2.41. The molecular weight excluding hydrogens is 242 g/mol. The fourth-order valence-corrected chi connectivity index (χ4v) is 2.60. The summed E-state index contributed by atoms with van der Waals surface area (Å²) in [5, 5.41) is 1.81. The zero-order valence-corrected chi connectivity index (χ0v) is 11.6. The van der Waals surface area contributed by atoms with Crippen molar-refractivity contribution >= 4 is 23.4 Å². The van der Waals surface area contributed by atoms with Gasteiger partial charge in [-0.3, -0.25) is 4.79 Å². The third kappa shape index (κ3) is 2.78. The zero-order valence-electron chi connectivity index (χ0n) is 10.7. The van der Waals surface area contributed by atoms with E-state index >= 15 is 0 Å². The fraction of sp³-hybridized carbons (Fsp3) is 0.400. The van der Waals surface area contributed by atoms with E-state index in [1.165, 1.54) is 0 Å². The van der Waals surface area contributed by atoms with Crippen molar-refractivity contribution in [3.63, 3.8) is 0 Å². The van der Waals surface area contributed by atoms with Gasteiger partial charge in [0.15, 0.2) is 0 Å². The molecule has 0 saturated heterocycles. The summed E-state index contributed by atoms with van der Waals surface area (Å²) < 4.78 is 1.82. The van der Waals surface area contributed by atoms with E-state index in [1.807, 2.05) is 41.1 Å². The highest BCUT2D eigenvalue weighted by Gasteiger charge is 2.09. The van der Waals surface area contributed by atoms with Crippen molar-refractivity contribution in [1.29, 1.82) is 0 Å². The number of benzene rings is 1. The van der Waals surface area contributed by atoms with Gasteiger partial charge in [0.2, 0.25) is 0 Å². The molecule has 0 aliphatic carbocycles. The highest BCUT2D eigenvalue weighted by atomic mass is 32.1. The molecule has 0 N–H and O–H groups in total. The van der Waals surface area contributed by atoms with Crippen LogP contribution < -0.4 is 5.56 Å². The van der Waals surface area contributed by atoms with Crippen molar-refractivity contribution in [2.45, 2.75) is 26.3 Å². The van der Waals surface area contributed by atoms with Crippen LogP contribution in [0.1, 0.15) is 19.8 Å². The third-order valence-corrected chi connectivity index (χ3v) is 3.81. The van der Waals surface area contributed by atoms with Gasteiger partial charge in [0, 0.05) is 18.1 Å². The van der Waals surface area contributed by atoms with Crippen LogP contribution in [-0.2, 0) is 6.54 Å². The fourth-order valence-electron chi connectivity index (χ4n) is 2.30. The van der Waals surface area contributed by atoms with E-state index in [0.717, 1.165) is 35.9 Å². The Kier molecular flexibility index (Phi) is 4.48. The molecule has 0 radical (unpaired) electrons. The summed E-state index contributed by atoms with van der Waals surface area (Å²) in [4.78, 5) is 12.3. The number of fused-ring (bicyclic) bond motifs is 1. The molecule has 0 fully saturated rings. The summed E-state index contributed by atoms with van der Waals surface area (Å²) in [5.74, 6) is 1.30. The molecule has 0 amide bonds. The van der Waals surface area contributed by atoms with Gasteiger partial charge in [0.1, 0.15) is 0 Å². The SMILES string of the molecule is CCCC(CS)Cn1ccc2ccccc2c1=O. The summed E-state index contributed by atoms with van der Waals surface area (Å²) in [6.07, 6.45) is 4.15. The van der Waals surface area contributed by atoms with Crippen LogP contribution in [0.2, 0.25) is 0 Å². The van der Waals surface area contributed by atoms with E-state index in [-0.39, 0.29) is 5.56 Å². The second kappa shape index (κ2) is 6.10. The normalized spacial score (nSPS) is 12.8. The summed E-state index contributed by atoms with van der Waals surface area (Å²) >= 11 is 4.37. The van der Waals surface area contributed by atoms with Crippen LogP contribution >= 0.6 is 12.6 Å². The van der Waals surface area contributed by atoms with Crippen LogP contribution in [0.25, 0.3) is 10.8 Å². The first-order valence-corrected chi connectivity index (χ1v) is 7.08. The topological polar surface area (TPSA) is 22.0 Å². The molecule has 1 heterocycles. The first-order valence-electron chi connectivity index (χ1n) is 6.45. The molecule has 1 atom stereocenters. The second-order valence-corrected chi connectivity index (χ2v) is 5.06. The number of pyridine rings is 1. The maximum absolute atomic E-state index is 12.3. The van der Waals surface area contributed by atoms with Gasteiger partial charge in [-0.25, -0.2) is 0 Å². The third-order valence-electron chi connectivity index (χ3n) is 3.30. The van der Waals surface area contributed by atoms with E-state index in [4.69, 9.17) is 0 Å². The lowest BCUT2D eigenvalue weighted by molar-refractivity contribution is 0.447. The van der Waals surface area contributed by atoms with Crippen LogP contribution in [0.4, 0.5) is 0 Å². The molecule has 0 saturated carbocycles. The molecule has 0 bridgehead atoms. The van der Waals surface area contributed by atoms with Gasteiger partial charge < -0.3 is 4.57 Å². The number of nitrogens with zero attached hydrogens (tertiary/aromatic N) is 1. The minimum Gasteiger partial charge on any atom is -0.315 e. The molecule has 1 aromatic carbocycles. The molecule has 0 aliphatic heterocycles. The predicted molar refractivity (Wildman–Crippen MR) is 80.5 cm³/mol. The van der Waals surface area contributed by atoms with Crippen molar-refractivity contribution in [3.05, 3.63) is 46.9 Å². The van der Waals surface area contributed by atoms with Gasteiger partial charge in [0.25, 0.3) is 5.56 Å². The summed E-state index contributed by atoms with van der Waals surface area (Å²) in [6.45, 7) is 2.93. The van der Waals surface area contributed by atoms with Crippen molar-refractivity contribution in [2.24, 2.45) is 5.92 Å². The number of rotatable bonds is 5. The van der Waals surface area contributed by atoms with Crippen LogP contribution in [0, 0.1) is 5.92 Å². The number of hydrogen-bond acceptors (Lipinski definition) is 2. The van der Waals surface area contributed by atoms with Crippen LogP contribution in [-0.4, -0.2) is 10.3 Å². The van der Waals surface area contributed by atoms with Crippen molar-refractivity contribution in [1.82, 2.24) is 4.57 Å². The van der Waals surface area contributed by atoms with Gasteiger partial charge in [-0.15, -0.1) is 0 Å². The first-order chi connectivity index (χ1) is 8.76. The lowest BCUT2D eigenvalue weighted by Gasteiger charge is -2.15. The Morgan fingerprint density at radius 3 is 2.78 bits per heavy atom. The summed E-state index contributed by atoms with van der Waals surface area (Å²) in [6, 6.07) is 9.75. The first kappa shape index (κ1) is 13.2. The van der Waals surface area contributed by atoms with Crippen molar-refractivity contribution in [3.8, 4) is 0 Å². The molecular formula is C15H19NOS. The highest BCUT2D eigenvalue weighted by molar-refractivity contribution is 7.80. The lowest BCUT2D eigenvalue weighted by atomic mass is 10.1. The minimum atomic E-state index is 0.107. The molecule has 18 heavy (non-hydrogen) atoms. The van der Waals surface area contributed by atoms with Crippen LogP contribution in [0.5, 0.6) is 0 Å². The monoisotopic (exact) mass is 261 g/mol. The predicted octanol–water partition coefficient (Wildman–Crippen LogP) is 3.35. The Bertz CT molecular complexity index is 576. The van der Waals surface area contributed by atoms with E-state index < -0.39 is 0 Å². The Morgan fingerprint density at radius 1 is 1.28 bits per heavy atom. The molecule has 0 aliphatic rings.